The number of hydrogen-bond donors (Lipinski definition) is 3. The molecule has 0 saturated heterocycles. The van der Waals surface area contributed by atoms with Crippen molar-refractivity contribution in [2.45, 2.75) is 11.7 Å². The summed E-state index contributed by atoms with van der Waals surface area (Å²) >= 11 is 0. The molecule has 2 rings (SSSR count). The van der Waals surface area contributed by atoms with E-state index in [1.807, 2.05) is 5.32 Å². The summed E-state index contributed by atoms with van der Waals surface area (Å²) in [5.74, 6) is -2.69. The van der Waals surface area contributed by atoms with E-state index in [1.165, 1.54) is 0 Å². The number of nitrogens with one attached hydrogen (secondary N) is 1. The Kier molecular flexibility index (Phi) is 2.37. The first-order chi connectivity index (χ1) is 8.17. The Hall–Kier alpha value is -2.09. The topological polar surface area (TPSA) is 92.4 Å². The summed E-state index contributed by atoms with van der Waals surface area (Å²) in [4.78, 5) is 22.4. The van der Waals surface area contributed by atoms with Crippen molar-refractivity contribution in [1.29, 1.82) is 0 Å². The number of hydrogen-bond acceptors (Lipinski definition) is 3. The first-order valence-electron chi connectivity index (χ1n) is 4.73. The van der Waals surface area contributed by atoms with E-state index in [-0.39, 0.29) is 11.3 Å². The van der Waals surface area contributed by atoms with Crippen molar-refractivity contribution in [1.82, 2.24) is 0 Å². The van der Waals surface area contributed by atoms with Crippen LogP contribution in [0.3, 0.4) is 0 Å². The van der Waals surface area contributed by atoms with E-state index >= 15 is 0 Å². The molecule has 1 atom stereocenters. The Bertz CT molecular complexity index is 556. The lowest BCUT2D eigenvalue weighted by Gasteiger charge is -2.16. The zero-order valence-electron chi connectivity index (χ0n) is 8.71. The predicted octanol–water partition coefficient (Wildman–Crippen LogP) is 0.896. The quantitative estimate of drug-likeness (QED) is 0.654. The molecule has 96 valence electrons. The number of amides is 1. The molecule has 18 heavy (non-hydrogen) atoms. The Morgan fingerprint density at radius 3 is 2.50 bits per heavy atom. The van der Waals surface area contributed by atoms with Gasteiger partial charge < -0.3 is 16.2 Å². The van der Waals surface area contributed by atoms with Gasteiger partial charge in [-0.2, -0.15) is 13.2 Å². The molecular formula is C10H7F3N2O3. The third-order valence-corrected chi connectivity index (χ3v) is 2.72. The minimum absolute atomic E-state index is 0.187. The van der Waals surface area contributed by atoms with Gasteiger partial charge in [0.25, 0.3) is 5.91 Å². The van der Waals surface area contributed by atoms with Crippen molar-refractivity contribution in [3.63, 3.8) is 0 Å². The van der Waals surface area contributed by atoms with E-state index in [0.29, 0.717) is 12.1 Å². The molecular weight excluding hydrogens is 253 g/mol. The van der Waals surface area contributed by atoms with Gasteiger partial charge in [0.15, 0.2) is 0 Å². The van der Waals surface area contributed by atoms with E-state index in [1.54, 1.807) is 0 Å². The molecule has 0 saturated carbocycles. The van der Waals surface area contributed by atoms with Crippen molar-refractivity contribution in [3.05, 3.63) is 29.3 Å². The van der Waals surface area contributed by atoms with Gasteiger partial charge in [-0.15, -0.1) is 0 Å². The maximum atomic E-state index is 12.4. The Labute approximate surface area is 98.4 Å². The van der Waals surface area contributed by atoms with Gasteiger partial charge in [-0.25, -0.2) is 4.79 Å². The van der Waals surface area contributed by atoms with Crippen LogP contribution in [0.25, 0.3) is 0 Å². The highest BCUT2D eigenvalue weighted by Gasteiger charge is 2.51. The fraction of sp³-hybridized carbons (Fsp3) is 0.200. The maximum absolute atomic E-state index is 12.4. The molecule has 5 nitrogen and oxygen atoms in total. The number of nitrogens with two attached hydrogens (primary N) is 1. The van der Waals surface area contributed by atoms with E-state index in [0.717, 1.165) is 6.07 Å². The standard InChI is InChI=1S/C10H7F3N2O3/c11-10(12,13)4-1-2-5-6(3-4)15-7(16)9(5,14)8(17)18/h1-3H,14H2,(H,15,16)(H,17,18)/t9-/m0/s1. The third kappa shape index (κ3) is 1.53. The van der Waals surface area contributed by atoms with Crippen molar-refractivity contribution in [2.24, 2.45) is 5.73 Å². The summed E-state index contributed by atoms with van der Waals surface area (Å²) in [6.45, 7) is 0. The molecule has 1 aliphatic rings. The van der Waals surface area contributed by atoms with Crippen LogP contribution in [0.2, 0.25) is 0 Å². The van der Waals surface area contributed by atoms with E-state index in [2.05, 4.69) is 0 Å². The van der Waals surface area contributed by atoms with Crippen LogP contribution in [0.1, 0.15) is 11.1 Å². The van der Waals surface area contributed by atoms with Crippen LogP contribution in [0, 0.1) is 0 Å². The van der Waals surface area contributed by atoms with E-state index < -0.39 is 29.2 Å². The Morgan fingerprint density at radius 2 is 2.00 bits per heavy atom. The second-order valence-corrected chi connectivity index (χ2v) is 3.83. The first kappa shape index (κ1) is 12.4. The fourth-order valence-electron chi connectivity index (χ4n) is 1.72. The molecule has 1 heterocycles. The van der Waals surface area contributed by atoms with Crippen molar-refractivity contribution >= 4 is 17.6 Å². The predicted molar refractivity (Wildman–Crippen MR) is 53.6 cm³/mol. The summed E-state index contributed by atoms with van der Waals surface area (Å²) in [7, 11) is 0. The summed E-state index contributed by atoms with van der Waals surface area (Å²) in [5, 5.41) is 10.9. The number of carbonyl (C=O) groups is 2. The molecule has 1 aliphatic heterocycles. The Morgan fingerprint density at radius 1 is 1.39 bits per heavy atom. The third-order valence-electron chi connectivity index (χ3n) is 2.72. The maximum Gasteiger partial charge on any atom is 0.416 e. The van der Waals surface area contributed by atoms with Crippen LogP contribution in [0.5, 0.6) is 0 Å². The molecule has 0 fully saturated rings. The van der Waals surface area contributed by atoms with Gasteiger partial charge >= 0.3 is 12.1 Å². The summed E-state index contributed by atoms with van der Waals surface area (Å²) < 4.78 is 37.3. The molecule has 0 unspecified atom stereocenters. The number of anilines is 1. The van der Waals surface area contributed by atoms with Gasteiger partial charge in [0, 0.05) is 11.3 Å². The largest absolute Gasteiger partial charge is 0.479 e. The van der Waals surface area contributed by atoms with Crippen molar-refractivity contribution in [3.8, 4) is 0 Å². The number of rotatable bonds is 1. The lowest BCUT2D eigenvalue weighted by atomic mass is 9.92. The average molecular weight is 260 g/mol. The van der Waals surface area contributed by atoms with Crippen LogP contribution >= 0.6 is 0 Å². The Balaban J connectivity index is 2.58. The van der Waals surface area contributed by atoms with Crippen LogP contribution in [-0.2, 0) is 21.3 Å². The van der Waals surface area contributed by atoms with Gasteiger partial charge in [0.1, 0.15) is 0 Å². The van der Waals surface area contributed by atoms with Gasteiger partial charge in [-0.05, 0) is 12.1 Å². The molecule has 0 radical (unpaired) electrons. The molecule has 4 N–H and O–H groups in total. The molecule has 0 spiro atoms. The fourth-order valence-corrected chi connectivity index (χ4v) is 1.72. The van der Waals surface area contributed by atoms with Gasteiger partial charge in [-0.1, -0.05) is 6.07 Å². The molecule has 8 heteroatoms. The smallest absolute Gasteiger partial charge is 0.416 e. The lowest BCUT2D eigenvalue weighted by Crippen LogP contribution is -2.50. The molecule has 0 aromatic heterocycles. The number of carbonyl (C=O) groups excluding carboxylic acids is 1. The minimum atomic E-state index is -4.58. The number of aliphatic carboxylic acids is 1. The van der Waals surface area contributed by atoms with Gasteiger partial charge in [0.05, 0.1) is 5.56 Å². The molecule has 0 aliphatic carbocycles. The second-order valence-electron chi connectivity index (χ2n) is 3.83. The number of alkyl halides is 3. The minimum Gasteiger partial charge on any atom is -0.479 e. The molecule has 1 aromatic rings. The lowest BCUT2D eigenvalue weighted by molar-refractivity contribution is -0.147. The molecule has 1 amide bonds. The molecule has 0 bridgehead atoms. The van der Waals surface area contributed by atoms with Crippen molar-refractivity contribution in [2.75, 3.05) is 5.32 Å². The van der Waals surface area contributed by atoms with Crippen LogP contribution in [0.15, 0.2) is 18.2 Å². The number of carboxylic acid groups (broad SMARTS) is 1. The highest BCUT2D eigenvalue weighted by Crippen LogP contribution is 2.38. The zero-order valence-corrected chi connectivity index (χ0v) is 8.71. The average Bonchev–Trinajstić information content (AvgIpc) is 2.51. The second kappa shape index (κ2) is 3.45. The zero-order chi connectivity index (χ0) is 13.7. The number of carboxylic acids is 1. The SMILES string of the molecule is N[C@]1(C(=O)O)C(=O)Nc2cc(C(F)(F)F)ccc21. The van der Waals surface area contributed by atoms with Gasteiger partial charge in [-0.3, -0.25) is 4.79 Å². The summed E-state index contributed by atoms with van der Waals surface area (Å²) in [5.41, 5.74) is 1.66. The summed E-state index contributed by atoms with van der Waals surface area (Å²) in [6.07, 6.45) is -4.58. The van der Waals surface area contributed by atoms with E-state index in [9.17, 15) is 22.8 Å². The molecule has 1 aromatic carbocycles. The number of halogens is 3. The highest BCUT2D eigenvalue weighted by molar-refractivity contribution is 6.18. The van der Waals surface area contributed by atoms with Crippen LogP contribution in [-0.4, -0.2) is 17.0 Å². The van der Waals surface area contributed by atoms with Crippen LogP contribution in [0.4, 0.5) is 18.9 Å². The van der Waals surface area contributed by atoms with Gasteiger partial charge in [0.2, 0.25) is 5.54 Å². The van der Waals surface area contributed by atoms with Crippen molar-refractivity contribution < 1.29 is 27.9 Å². The number of benzene rings is 1. The normalized spacial score (nSPS) is 22.6. The van der Waals surface area contributed by atoms with Crippen LogP contribution < -0.4 is 11.1 Å². The summed E-state index contributed by atoms with van der Waals surface area (Å²) in [6, 6.07) is 2.23. The highest BCUT2D eigenvalue weighted by atomic mass is 19.4. The number of fused-ring (bicyclic) bond motifs is 1. The first-order valence-corrected chi connectivity index (χ1v) is 4.73. The van der Waals surface area contributed by atoms with E-state index in [4.69, 9.17) is 10.8 Å². The monoisotopic (exact) mass is 260 g/mol.